The van der Waals surface area contributed by atoms with Gasteiger partial charge in [-0.25, -0.2) is 4.79 Å². The summed E-state index contributed by atoms with van der Waals surface area (Å²) in [5.41, 5.74) is 6.62. The Hall–Kier alpha value is -4.13. The minimum Gasteiger partial charge on any atom is -0.465 e. The van der Waals surface area contributed by atoms with E-state index in [1.807, 2.05) is 43.0 Å². The van der Waals surface area contributed by atoms with Crippen molar-refractivity contribution in [2.75, 3.05) is 19.1 Å². The molecule has 0 amide bonds. The number of aromatic nitrogens is 4. The van der Waals surface area contributed by atoms with E-state index in [-0.39, 0.29) is 0 Å². The highest BCUT2D eigenvalue weighted by atomic mass is 16.5. The number of methoxy groups -OCH3 is 1. The molecule has 1 N–H and O–H groups in total. The van der Waals surface area contributed by atoms with E-state index in [2.05, 4.69) is 45.2 Å². The fourth-order valence-corrected chi connectivity index (χ4v) is 3.95. The Morgan fingerprint density at radius 1 is 1.03 bits per heavy atom. The first-order valence-electron chi connectivity index (χ1n) is 9.89. The van der Waals surface area contributed by atoms with E-state index in [0.29, 0.717) is 16.6 Å². The zero-order valence-electron chi connectivity index (χ0n) is 17.5. The first-order valence-corrected chi connectivity index (χ1v) is 9.89. The smallest absolute Gasteiger partial charge is 0.340 e. The van der Waals surface area contributed by atoms with Gasteiger partial charge in [0.25, 0.3) is 0 Å². The Morgan fingerprint density at radius 2 is 1.84 bits per heavy atom. The predicted molar refractivity (Wildman–Crippen MR) is 122 cm³/mol. The quantitative estimate of drug-likeness (QED) is 0.435. The van der Waals surface area contributed by atoms with E-state index >= 15 is 0 Å². The molecule has 0 aliphatic rings. The molecule has 0 aliphatic heterocycles. The minimum atomic E-state index is -0.399. The maximum atomic E-state index is 12.1. The molecule has 0 unspecified atom stereocenters. The summed E-state index contributed by atoms with van der Waals surface area (Å²) in [4.78, 5) is 22.0. The summed E-state index contributed by atoms with van der Waals surface area (Å²) in [5.74, 6) is -0.399. The second-order valence-electron chi connectivity index (χ2n) is 7.36. The van der Waals surface area contributed by atoms with Gasteiger partial charge in [-0.15, -0.1) is 0 Å². The number of hydrogen-bond acceptors (Lipinski definition) is 5. The average Bonchev–Trinajstić information content (AvgIpc) is 3.37. The summed E-state index contributed by atoms with van der Waals surface area (Å²) in [5, 5.41) is 5.74. The van der Waals surface area contributed by atoms with Crippen molar-refractivity contribution in [1.82, 2.24) is 19.7 Å². The van der Waals surface area contributed by atoms with Gasteiger partial charge < -0.3 is 14.6 Å². The van der Waals surface area contributed by atoms with E-state index in [1.54, 1.807) is 12.3 Å². The summed E-state index contributed by atoms with van der Waals surface area (Å²) >= 11 is 0. The Kier molecular flexibility index (Phi) is 4.43. The SMILES string of the molecule is COC(=O)c1ccnc2cc(-c3c4ccc(N(C)c5ccccc5)cc4nn3C)[nH]c12. The first kappa shape index (κ1) is 18.9. The highest BCUT2D eigenvalue weighted by Gasteiger charge is 2.18. The molecule has 0 spiro atoms. The number of esters is 1. The minimum absolute atomic E-state index is 0.399. The van der Waals surface area contributed by atoms with Gasteiger partial charge in [-0.1, -0.05) is 18.2 Å². The molecule has 0 radical (unpaired) electrons. The van der Waals surface area contributed by atoms with Gasteiger partial charge in [-0.05, 0) is 42.5 Å². The van der Waals surface area contributed by atoms with Crippen LogP contribution >= 0.6 is 0 Å². The number of nitrogens with one attached hydrogen (secondary N) is 1. The molecule has 3 aromatic heterocycles. The molecule has 0 saturated carbocycles. The van der Waals surface area contributed by atoms with Gasteiger partial charge in [0, 0.05) is 37.1 Å². The first-order chi connectivity index (χ1) is 15.1. The van der Waals surface area contributed by atoms with Crippen molar-refractivity contribution in [3.63, 3.8) is 0 Å². The number of H-pyrrole nitrogens is 1. The Balaban J connectivity index is 1.61. The van der Waals surface area contributed by atoms with Crippen LogP contribution in [0.4, 0.5) is 11.4 Å². The number of carbonyl (C=O) groups is 1. The number of para-hydroxylation sites is 1. The second-order valence-corrected chi connectivity index (χ2v) is 7.36. The van der Waals surface area contributed by atoms with Crippen LogP contribution < -0.4 is 4.90 Å². The number of pyridine rings is 1. The van der Waals surface area contributed by atoms with Gasteiger partial charge in [0.1, 0.15) is 0 Å². The summed E-state index contributed by atoms with van der Waals surface area (Å²) in [7, 11) is 5.32. The van der Waals surface area contributed by atoms with Crippen molar-refractivity contribution in [3.05, 3.63) is 72.4 Å². The second kappa shape index (κ2) is 7.28. The highest BCUT2D eigenvalue weighted by molar-refractivity contribution is 6.04. The van der Waals surface area contributed by atoms with Crippen LogP contribution in [0.15, 0.2) is 66.9 Å². The number of fused-ring (bicyclic) bond motifs is 2. The average molecular weight is 411 g/mol. The zero-order valence-corrected chi connectivity index (χ0v) is 17.5. The van der Waals surface area contributed by atoms with Gasteiger partial charge in [0.15, 0.2) is 0 Å². The number of ether oxygens (including phenoxy) is 1. The number of anilines is 2. The molecule has 0 aliphatic carbocycles. The lowest BCUT2D eigenvalue weighted by Gasteiger charge is -2.19. The number of hydrogen-bond donors (Lipinski definition) is 1. The van der Waals surface area contributed by atoms with Crippen molar-refractivity contribution in [2.24, 2.45) is 7.05 Å². The molecular weight excluding hydrogens is 390 g/mol. The van der Waals surface area contributed by atoms with Gasteiger partial charge in [-0.2, -0.15) is 5.10 Å². The number of rotatable bonds is 4. The Labute approximate surface area is 178 Å². The molecule has 5 rings (SSSR count). The van der Waals surface area contributed by atoms with Gasteiger partial charge in [0.2, 0.25) is 0 Å². The third kappa shape index (κ3) is 3.11. The van der Waals surface area contributed by atoms with E-state index < -0.39 is 5.97 Å². The number of carbonyl (C=O) groups excluding carboxylic acids is 1. The van der Waals surface area contributed by atoms with Crippen molar-refractivity contribution in [1.29, 1.82) is 0 Å². The normalized spacial score (nSPS) is 11.2. The highest BCUT2D eigenvalue weighted by Crippen LogP contribution is 2.33. The van der Waals surface area contributed by atoms with Crippen LogP contribution in [0.3, 0.4) is 0 Å². The summed E-state index contributed by atoms with van der Waals surface area (Å²) in [6.45, 7) is 0. The van der Waals surface area contributed by atoms with Crippen molar-refractivity contribution in [3.8, 4) is 11.4 Å². The van der Waals surface area contributed by atoms with Crippen LogP contribution in [-0.2, 0) is 11.8 Å². The number of aromatic amines is 1. The monoisotopic (exact) mass is 411 g/mol. The van der Waals surface area contributed by atoms with Gasteiger partial charge in [0.05, 0.1) is 40.6 Å². The standard InChI is InChI=1S/C24H21N5O2/c1-28(15-7-5-4-6-8-15)16-9-10-17-19(13-16)27-29(2)23(17)21-14-20-22(26-21)18(11-12-25-20)24(30)31-3/h4-14,26H,1-3H3. The van der Waals surface area contributed by atoms with Crippen LogP contribution in [0, 0.1) is 0 Å². The summed E-state index contributed by atoms with van der Waals surface area (Å²) in [6, 6.07) is 20.0. The topological polar surface area (TPSA) is 76.0 Å². The molecule has 31 heavy (non-hydrogen) atoms. The van der Waals surface area contributed by atoms with Gasteiger partial charge in [-0.3, -0.25) is 9.67 Å². The Morgan fingerprint density at radius 3 is 2.61 bits per heavy atom. The molecule has 3 heterocycles. The van der Waals surface area contributed by atoms with E-state index in [0.717, 1.165) is 33.7 Å². The largest absolute Gasteiger partial charge is 0.465 e. The summed E-state index contributed by atoms with van der Waals surface area (Å²) < 4.78 is 6.75. The van der Waals surface area contributed by atoms with Gasteiger partial charge >= 0.3 is 5.97 Å². The molecule has 0 bridgehead atoms. The van der Waals surface area contributed by atoms with Crippen LogP contribution in [-0.4, -0.2) is 39.9 Å². The molecule has 2 aromatic carbocycles. The van der Waals surface area contributed by atoms with E-state index in [4.69, 9.17) is 9.84 Å². The number of aryl methyl sites for hydroxylation is 1. The zero-order chi connectivity index (χ0) is 21.5. The third-order valence-corrected chi connectivity index (χ3v) is 5.53. The predicted octanol–water partition coefficient (Wildman–Crippen LogP) is 4.67. The molecule has 154 valence electrons. The molecule has 0 saturated heterocycles. The van der Waals surface area contributed by atoms with Crippen LogP contribution in [0.5, 0.6) is 0 Å². The number of nitrogens with zero attached hydrogens (tertiary/aromatic N) is 4. The van der Waals surface area contributed by atoms with Crippen LogP contribution in [0.25, 0.3) is 33.3 Å². The lowest BCUT2D eigenvalue weighted by atomic mass is 10.1. The molecular formula is C24H21N5O2. The lowest BCUT2D eigenvalue weighted by Crippen LogP contribution is -2.08. The lowest BCUT2D eigenvalue weighted by molar-refractivity contribution is 0.0602. The number of benzene rings is 2. The van der Waals surface area contributed by atoms with Crippen LogP contribution in [0.2, 0.25) is 0 Å². The third-order valence-electron chi connectivity index (χ3n) is 5.53. The van der Waals surface area contributed by atoms with Crippen molar-refractivity contribution < 1.29 is 9.53 Å². The van der Waals surface area contributed by atoms with E-state index in [1.165, 1.54) is 7.11 Å². The Bertz CT molecular complexity index is 1420. The molecule has 7 nitrogen and oxygen atoms in total. The fourth-order valence-electron chi connectivity index (χ4n) is 3.95. The van der Waals surface area contributed by atoms with Crippen molar-refractivity contribution in [2.45, 2.75) is 0 Å². The maximum Gasteiger partial charge on any atom is 0.340 e. The molecule has 0 atom stereocenters. The molecule has 7 heteroatoms. The molecule has 0 fully saturated rings. The fraction of sp³-hybridized carbons (Fsp3) is 0.125. The summed E-state index contributed by atoms with van der Waals surface area (Å²) in [6.07, 6.45) is 1.61. The van der Waals surface area contributed by atoms with Crippen molar-refractivity contribution >= 4 is 39.3 Å². The van der Waals surface area contributed by atoms with Crippen LogP contribution in [0.1, 0.15) is 10.4 Å². The molecule has 5 aromatic rings. The van der Waals surface area contributed by atoms with E-state index in [9.17, 15) is 4.79 Å². The maximum absolute atomic E-state index is 12.1.